The molecule has 0 atom stereocenters. The maximum Gasteiger partial charge on any atom is 0.254 e. The van der Waals surface area contributed by atoms with Crippen molar-refractivity contribution >= 4 is 23.2 Å². The third-order valence-electron chi connectivity index (χ3n) is 3.37. The number of anilines is 1. The maximum atomic E-state index is 5.88. The monoisotopic (exact) mass is 341 g/mol. The van der Waals surface area contributed by atoms with Crippen LogP contribution in [0.15, 0.2) is 41.2 Å². The fourth-order valence-electron chi connectivity index (χ4n) is 2.27. The molecular formula is C15H12ClN7O. The average molecular weight is 342 g/mol. The number of nitrogens with zero attached hydrogens (tertiary/aromatic N) is 6. The number of aryl methyl sites for hydroxylation is 1. The molecule has 24 heavy (non-hydrogen) atoms. The van der Waals surface area contributed by atoms with Gasteiger partial charge >= 0.3 is 0 Å². The second-order valence-electron chi connectivity index (χ2n) is 5.13. The van der Waals surface area contributed by atoms with Crippen molar-refractivity contribution in [3.05, 3.63) is 53.3 Å². The molecule has 0 bridgehead atoms. The van der Waals surface area contributed by atoms with E-state index < -0.39 is 0 Å². The smallest absolute Gasteiger partial charge is 0.254 e. The van der Waals surface area contributed by atoms with E-state index in [9.17, 15) is 0 Å². The van der Waals surface area contributed by atoms with Gasteiger partial charge < -0.3 is 9.84 Å². The fourth-order valence-corrected chi connectivity index (χ4v) is 2.39. The summed E-state index contributed by atoms with van der Waals surface area (Å²) < 4.78 is 6.89. The van der Waals surface area contributed by atoms with E-state index >= 15 is 0 Å². The predicted molar refractivity (Wildman–Crippen MR) is 87.6 cm³/mol. The summed E-state index contributed by atoms with van der Waals surface area (Å²) in [6, 6.07) is 9.13. The Labute approximate surface area is 141 Å². The van der Waals surface area contributed by atoms with E-state index in [2.05, 4.69) is 30.5 Å². The van der Waals surface area contributed by atoms with Crippen LogP contribution in [0.2, 0.25) is 5.02 Å². The van der Waals surface area contributed by atoms with E-state index in [0.717, 1.165) is 17.1 Å². The molecule has 0 radical (unpaired) electrons. The number of benzene rings is 1. The number of fused-ring (bicyclic) bond motifs is 1. The van der Waals surface area contributed by atoms with Crippen LogP contribution in [0.1, 0.15) is 11.6 Å². The van der Waals surface area contributed by atoms with Crippen molar-refractivity contribution in [3.8, 4) is 11.4 Å². The number of hydrogen-bond donors (Lipinski definition) is 1. The van der Waals surface area contributed by atoms with Crippen molar-refractivity contribution in [1.29, 1.82) is 0 Å². The van der Waals surface area contributed by atoms with Gasteiger partial charge in [0.25, 0.3) is 5.78 Å². The molecule has 0 aliphatic heterocycles. The molecule has 0 fully saturated rings. The van der Waals surface area contributed by atoms with Crippen LogP contribution in [0.4, 0.5) is 5.82 Å². The van der Waals surface area contributed by atoms with Crippen molar-refractivity contribution in [2.45, 2.75) is 13.5 Å². The molecule has 1 N–H and O–H groups in total. The minimum absolute atomic E-state index is 0.360. The molecule has 0 aliphatic rings. The van der Waals surface area contributed by atoms with Crippen molar-refractivity contribution in [2.24, 2.45) is 0 Å². The van der Waals surface area contributed by atoms with E-state index in [1.807, 2.05) is 25.1 Å². The van der Waals surface area contributed by atoms with Gasteiger partial charge in [0.1, 0.15) is 12.1 Å². The Morgan fingerprint density at radius 3 is 2.88 bits per heavy atom. The van der Waals surface area contributed by atoms with Crippen LogP contribution < -0.4 is 5.32 Å². The van der Waals surface area contributed by atoms with Gasteiger partial charge in [0, 0.05) is 22.3 Å². The SMILES string of the molecule is Cc1cc(NCc2nc(-c3ccc(Cl)cc3)no2)n2ncnc2n1. The Morgan fingerprint density at radius 2 is 2.04 bits per heavy atom. The average Bonchev–Trinajstić information content (AvgIpc) is 3.22. The minimum atomic E-state index is 0.360. The third kappa shape index (κ3) is 2.79. The highest BCUT2D eigenvalue weighted by Crippen LogP contribution is 2.19. The van der Waals surface area contributed by atoms with Crippen molar-refractivity contribution in [2.75, 3.05) is 5.32 Å². The number of halogens is 1. The first kappa shape index (κ1) is 14.6. The number of nitrogens with one attached hydrogen (secondary N) is 1. The normalized spacial score (nSPS) is 11.1. The molecule has 0 spiro atoms. The van der Waals surface area contributed by atoms with Crippen molar-refractivity contribution in [1.82, 2.24) is 29.7 Å². The van der Waals surface area contributed by atoms with E-state index in [-0.39, 0.29) is 0 Å². The first-order chi connectivity index (χ1) is 11.7. The molecule has 0 aliphatic carbocycles. The Balaban J connectivity index is 1.54. The summed E-state index contributed by atoms with van der Waals surface area (Å²) in [6.45, 7) is 2.25. The Bertz CT molecular complexity index is 993. The summed E-state index contributed by atoms with van der Waals surface area (Å²) >= 11 is 5.88. The van der Waals surface area contributed by atoms with Gasteiger partial charge in [0.05, 0.1) is 6.54 Å². The van der Waals surface area contributed by atoms with Crippen molar-refractivity contribution < 1.29 is 4.52 Å². The lowest BCUT2D eigenvalue weighted by molar-refractivity contribution is 0.384. The lowest BCUT2D eigenvalue weighted by Crippen LogP contribution is -2.07. The van der Waals surface area contributed by atoms with E-state index in [1.54, 1.807) is 16.6 Å². The number of rotatable bonds is 4. The number of aromatic nitrogens is 6. The van der Waals surface area contributed by atoms with Crippen LogP contribution >= 0.6 is 11.6 Å². The topological polar surface area (TPSA) is 94.0 Å². The zero-order valence-corrected chi connectivity index (χ0v) is 13.4. The van der Waals surface area contributed by atoms with Crippen LogP contribution in [0.5, 0.6) is 0 Å². The summed E-state index contributed by atoms with van der Waals surface area (Å²) in [5, 5.41) is 12.0. The predicted octanol–water partition coefficient (Wildman–Crippen LogP) is 2.75. The van der Waals surface area contributed by atoms with Gasteiger partial charge in [-0.1, -0.05) is 16.8 Å². The van der Waals surface area contributed by atoms with Crippen LogP contribution in [-0.4, -0.2) is 29.7 Å². The molecule has 3 heterocycles. The van der Waals surface area contributed by atoms with Gasteiger partial charge in [0.2, 0.25) is 11.7 Å². The summed E-state index contributed by atoms with van der Waals surface area (Å²) in [6.07, 6.45) is 1.46. The molecule has 1 aromatic carbocycles. The Morgan fingerprint density at radius 1 is 1.21 bits per heavy atom. The van der Waals surface area contributed by atoms with Crippen LogP contribution in [0.25, 0.3) is 17.2 Å². The molecule has 3 aromatic heterocycles. The molecule has 0 saturated carbocycles. The maximum absolute atomic E-state index is 5.88. The molecule has 120 valence electrons. The quantitative estimate of drug-likeness (QED) is 0.609. The minimum Gasteiger partial charge on any atom is -0.361 e. The zero-order chi connectivity index (χ0) is 16.5. The van der Waals surface area contributed by atoms with Gasteiger partial charge in [-0.25, -0.2) is 4.98 Å². The molecule has 0 saturated heterocycles. The molecule has 4 aromatic rings. The molecule has 9 heteroatoms. The van der Waals surface area contributed by atoms with E-state index in [4.69, 9.17) is 16.1 Å². The second-order valence-corrected chi connectivity index (χ2v) is 5.56. The van der Waals surface area contributed by atoms with Crippen molar-refractivity contribution in [3.63, 3.8) is 0 Å². The number of hydrogen-bond acceptors (Lipinski definition) is 7. The molecule has 0 unspecified atom stereocenters. The largest absolute Gasteiger partial charge is 0.361 e. The van der Waals surface area contributed by atoms with Crippen LogP contribution in [-0.2, 0) is 6.54 Å². The van der Waals surface area contributed by atoms with Gasteiger partial charge in [-0.05, 0) is 31.2 Å². The summed E-state index contributed by atoms with van der Waals surface area (Å²) in [5.41, 5.74) is 1.68. The zero-order valence-electron chi connectivity index (χ0n) is 12.6. The standard InChI is InChI=1S/C15H12ClN7O/c1-9-6-12(23-15(20-9)18-8-19-23)17-7-13-21-14(22-24-13)10-2-4-11(16)5-3-10/h2-6,8,17H,7H2,1H3. The Kier molecular flexibility index (Phi) is 3.58. The highest BCUT2D eigenvalue weighted by molar-refractivity contribution is 6.30. The first-order valence-corrected chi connectivity index (χ1v) is 7.56. The van der Waals surface area contributed by atoms with E-state index in [1.165, 1.54) is 6.33 Å². The summed E-state index contributed by atoms with van der Waals surface area (Å²) in [4.78, 5) is 12.7. The van der Waals surface area contributed by atoms with Crippen LogP contribution in [0.3, 0.4) is 0 Å². The summed E-state index contributed by atoms with van der Waals surface area (Å²) in [5.74, 6) is 2.26. The Hall–Kier alpha value is -3.00. The highest BCUT2D eigenvalue weighted by atomic mass is 35.5. The first-order valence-electron chi connectivity index (χ1n) is 7.19. The molecule has 8 nitrogen and oxygen atoms in total. The van der Waals surface area contributed by atoms with E-state index in [0.29, 0.717) is 29.1 Å². The fraction of sp³-hybridized carbons (Fsp3) is 0.133. The molecule has 4 rings (SSSR count). The van der Waals surface area contributed by atoms with Gasteiger partial charge in [-0.3, -0.25) is 0 Å². The van der Waals surface area contributed by atoms with Gasteiger partial charge in [-0.15, -0.1) is 0 Å². The highest BCUT2D eigenvalue weighted by Gasteiger charge is 2.10. The van der Waals surface area contributed by atoms with Gasteiger partial charge in [0.15, 0.2) is 0 Å². The summed E-state index contributed by atoms with van der Waals surface area (Å²) in [7, 11) is 0. The van der Waals surface area contributed by atoms with Gasteiger partial charge in [-0.2, -0.15) is 19.6 Å². The molecule has 0 amide bonds. The van der Waals surface area contributed by atoms with Crippen LogP contribution in [0, 0.1) is 6.92 Å². The molecular weight excluding hydrogens is 330 g/mol. The lowest BCUT2D eigenvalue weighted by atomic mass is 10.2. The lowest BCUT2D eigenvalue weighted by Gasteiger charge is -2.06. The second kappa shape index (κ2) is 5.89. The third-order valence-corrected chi connectivity index (χ3v) is 3.62.